The van der Waals surface area contributed by atoms with Crippen LogP contribution in [0.4, 0.5) is 0 Å². The van der Waals surface area contributed by atoms with Crippen molar-refractivity contribution in [2.24, 2.45) is 0 Å². The smallest absolute Gasteiger partial charge is 0.172 e. The topological polar surface area (TPSA) is 0 Å². The normalized spacial score (nSPS) is 11.5. The maximum atomic E-state index is 6.27. The molecule has 0 radical (unpaired) electrons. The van der Waals surface area contributed by atoms with E-state index in [2.05, 4.69) is 132 Å². The Labute approximate surface area is 345 Å². The van der Waals surface area contributed by atoms with Crippen LogP contribution >= 0.6 is 17.0 Å². The maximum absolute atomic E-state index is 6.27. The molecule has 5 heteroatoms. The van der Waals surface area contributed by atoms with Gasteiger partial charge < -0.3 is 0 Å². The Hall–Kier alpha value is -2.13. The molecule has 0 atom stereocenters. The van der Waals surface area contributed by atoms with Gasteiger partial charge in [-0.2, -0.15) is 18.2 Å². The van der Waals surface area contributed by atoms with Gasteiger partial charge in [-0.05, 0) is 39.5 Å². The molecule has 0 aliphatic rings. The molecule has 0 unspecified atom stereocenters. The summed E-state index contributed by atoms with van der Waals surface area (Å²) >= 11 is -2.32. The Morgan fingerprint density at radius 2 is 0.963 bits per heavy atom. The third kappa shape index (κ3) is 15.8. The van der Waals surface area contributed by atoms with Crippen molar-refractivity contribution in [2.75, 3.05) is 0 Å². The van der Waals surface area contributed by atoms with Gasteiger partial charge in [-0.25, -0.2) is 12.1 Å². The zero-order valence-corrected chi connectivity index (χ0v) is 40.3. The fourth-order valence-electron chi connectivity index (χ4n) is 7.10. The van der Waals surface area contributed by atoms with Crippen LogP contribution in [0.2, 0.25) is 51.4 Å². The van der Waals surface area contributed by atoms with Crippen LogP contribution in [0.3, 0.4) is 0 Å². The SMILES string of the molecule is Cc1cc2[cH-]c3cc(C)c(CCCC[Si](C)(C)C)cc3c2cc1CCCC[Si](C)(C)C.[Cl][Zr]([Cl])=[C](Cc1ccccc1)Cc1ccccc1.c1cc[cH-]c1. The molecule has 0 heterocycles. The van der Waals surface area contributed by atoms with Crippen molar-refractivity contribution in [3.63, 3.8) is 0 Å². The second kappa shape index (κ2) is 22.0. The number of aryl methyl sites for hydroxylation is 4. The second-order valence-electron chi connectivity index (χ2n) is 17.6. The van der Waals surface area contributed by atoms with Crippen molar-refractivity contribution in [3.8, 4) is 0 Å². The molecule has 0 saturated carbocycles. The van der Waals surface area contributed by atoms with Crippen LogP contribution in [0.25, 0.3) is 21.5 Å². The van der Waals surface area contributed by atoms with Gasteiger partial charge in [0.2, 0.25) is 0 Å². The Morgan fingerprint density at radius 1 is 0.556 bits per heavy atom. The number of rotatable bonds is 14. The minimum Gasteiger partial charge on any atom is -0.214 e. The number of hydrogen-bond donors (Lipinski definition) is 0. The Balaban J connectivity index is 0.000000235. The summed E-state index contributed by atoms with van der Waals surface area (Å²) in [6.45, 7) is 19.6. The third-order valence-corrected chi connectivity index (χ3v) is 19.3. The maximum Gasteiger partial charge on any atom is -0.172 e. The number of fused-ring (bicyclic) bond motifs is 3. The van der Waals surface area contributed by atoms with Crippen molar-refractivity contribution in [3.05, 3.63) is 155 Å². The summed E-state index contributed by atoms with van der Waals surface area (Å²) in [4.78, 5) is 0. The van der Waals surface area contributed by atoms with E-state index < -0.39 is 35.0 Å². The number of benzene rings is 4. The van der Waals surface area contributed by atoms with E-state index in [9.17, 15) is 0 Å². The molecule has 0 spiro atoms. The molecule has 0 saturated heterocycles. The first-order valence-electron chi connectivity index (χ1n) is 20.1. The number of hydrogen-bond acceptors (Lipinski definition) is 0. The van der Waals surface area contributed by atoms with E-state index in [1.54, 1.807) is 11.1 Å². The zero-order chi connectivity index (χ0) is 39.1. The van der Waals surface area contributed by atoms with Crippen LogP contribution in [-0.4, -0.2) is 19.4 Å². The molecular weight excluding hydrogens is 807 g/mol. The summed E-state index contributed by atoms with van der Waals surface area (Å²) in [7, 11) is 10.7. The molecule has 0 aromatic heterocycles. The fraction of sp³-hybridized carbons (Fsp3) is 0.367. The van der Waals surface area contributed by atoms with E-state index in [4.69, 9.17) is 17.0 Å². The molecule has 0 amide bonds. The summed E-state index contributed by atoms with van der Waals surface area (Å²) in [5, 5.41) is 5.80. The third-order valence-electron chi connectivity index (χ3n) is 10.2. The molecule has 54 heavy (non-hydrogen) atoms. The molecule has 6 rings (SSSR count). The predicted octanol–water partition coefficient (Wildman–Crippen LogP) is 15.6. The van der Waals surface area contributed by atoms with Gasteiger partial charge in [-0.3, -0.25) is 0 Å². The van der Waals surface area contributed by atoms with E-state index in [1.807, 2.05) is 42.5 Å². The van der Waals surface area contributed by atoms with Gasteiger partial charge in [0, 0.05) is 16.1 Å². The summed E-state index contributed by atoms with van der Waals surface area (Å²) in [6.07, 6.45) is 9.72. The first-order chi connectivity index (χ1) is 25.7. The monoisotopic (exact) mass is 868 g/mol. The fourth-order valence-corrected chi connectivity index (χ4v) is 13.0. The number of unbranched alkanes of at least 4 members (excludes halogenated alkanes) is 2. The van der Waals surface area contributed by atoms with Crippen molar-refractivity contribution < 1.29 is 18.9 Å². The largest absolute Gasteiger partial charge is 0.214 e. The summed E-state index contributed by atoms with van der Waals surface area (Å²) in [6, 6.07) is 46.0. The van der Waals surface area contributed by atoms with Crippen LogP contribution in [0.5, 0.6) is 0 Å². The van der Waals surface area contributed by atoms with E-state index in [-0.39, 0.29) is 0 Å². The molecule has 6 aromatic rings. The average molecular weight is 871 g/mol. The van der Waals surface area contributed by atoms with Crippen molar-refractivity contribution in [1.82, 2.24) is 0 Å². The average Bonchev–Trinajstić information content (AvgIpc) is 3.81. The Kier molecular flexibility index (Phi) is 18.1. The van der Waals surface area contributed by atoms with E-state index >= 15 is 0 Å². The van der Waals surface area contributed by atoms with Crippen LogP contribution in [0.1, 0.15) is 59.1 Å². The van der Waals surface area contributed by atoms with Gasteiger partial charge in [-0.15, -0.1) is 39.7 Å². The van der Waals surface area contributed by atoms with Crippen molar-refractivity contribution in [1.29, 1.82) is 0 Å². The standard InChI is InChI=1S/C29H45Si2.C15H14.C5H5.2ClH.Zr/c1-22-17-26-19-27-18-23(2)25(14-10-12-16-31(6,7)8)21-29(27)28(26)20-24(22)13-9-11-15-30(3,4)5;1-3-8-14(9-4-1)12-7-13-15-10-5-2-6-11-15;1-2-4-5-3-1;;;/h17-21H,9-16H2,1-8H3;1-6,8-11H,12-13H2;1-5H;2*1H;/q-1;;-1;;;+2/p-2. The molecule has 0 nitrogen and oxygen atoms in total. The van der Waals surface area contributed by atoms with Gasteiger partial charge in [-0.1, -0.05) is 98.6 Å². The first kappa shape index (κ1) is 44.6. The van der Waals surface area contributed by atoms with Crippen LogP contribution in [0, 0.1) is 13.8 Å². The molecule has 0 aliphatic carbocycles. The summed E-state index contributed by atoms with van der Waals surface area (Å²) in [5.41, 5.74) is 8.66. The van der Waals surface area contributed by atoms with Crippen molar-refractivity contribution >= 4 is 57.9 Å². The molecule has 288 valence electrons. The minimum atomic E-state index is -2.32. The van der Waals surface area contributed by atoms with Gasteiger partial charge in [0.1, 0.15) is 0 Å². The molecule has 0 fully saturated rings. The van der Waals surface area contributed by atoms with Gasteiger partial charge >= 0.3 is 124 Å². The number of halogens is 2. The van der Waals surface area contributed by atoms with Crippen LogP contribution in [-0.2, 0) is 44.6 Å². The Morgan fingerprint density at radius 3 is 1.30 bits per heavy atom. The second-order valence-corrected chi connectivity index (χ2v) is 37.4. The van der Waals surface area contributed by atoms with Gasteiger partial charge in [0.25, 0.3) is 0 Å². The van der Waals surface area contributed by atoms with Crippen molar-refractivity contribution in [2.45, 2.75) is 117 Å². The van der Waals surface area contributed by atoms with Crippen LogP contribution < -0.4 is 0 Å². The quantitative estimate of drug-likeness (QED) is 0.0581. The Bertz CT molecular complexity index is 1860. The zero-order valence-electron chi connectivity index (χ0n) is 34.4. The van der Waals surface area contributed by atoms with E-state index in [0.29, 0.717) is 0 Å². The van der Waals surface area contributed by atoms with Crippen LogP contribution in [0.15, 0.2) is 121 Å². The van der Waals surface area contributed by atoms with E-state index in [0.717, 1.165) is 12.8 Å². The van der Waals surface area contributed by atoms with E-state index in [1.165, 1.54) is 97.6 Å². The summed E-state index contributed by atoms with van der Waals surface area (Å²) in [5.74, 6) is 0. The molecule has 0 bridgehead atoms. The molecular formula is C49H64Cl2Si2Zr-2. The summed E-state index contributed by atoms with van der Waals surface area (Å²) < 4.78 is 1.33. The molecule has 0 aliphatic heterocycles. The predicted molar refractivity (Wildman–Crippen MR) is 248 cm³/mol. The first-order valence-corrected chi connectivity index (χ1v) is 35.1. The molecule has 6 aromatic carbocycles. The molecule has 0 N–H and O–H groups in total. The van der Waals surface area contributed by atoms with Gasteiger partial charge in [0.05, 0.1) is 0 Å². The van der Waals surface area contributed by atoms with Gasteiger partial charge in [0.15, 0.2) is 0 Å². The minimum absolute atomic E-state index is 0.912.